The minimum atomic E-state index is -4.61. The second kappa shape index (κ2) is 7.26. The Balaban J connectivity index is 1.65. The largest absolute Gasteiger partial charge is 0.473 e. The minimum absolute atomic E-state index is 0.0572. The number of halogens is 3. The van der Waals surface area contributed by atoms with Gasteiger partial charge in [-0.3, -0.25) is 4.90 Å². The number of rotatable bonds is 5. The molecule has 0 saturated carbocycles. The van der Waals surface area contributed by atoms with Crippen LogP contribution in [0.25, 0.3) is 0 Å². The molecule has 0 aliphatic carbocycles. The van der Waals surface area contributed by atoms with Gasteiger partial charge in [0, 0.05) is 32.7 Å². The molecule has 1 N–H and O–H groups in total. The van der Waals surface area contributed by atoms with Crippen molar-refractivity contribution in [2.45, 2.75) is 25.2 Å². The van der Waals surface area contributed by atoms with E-state index in [1.165, 1.54) is 18.7 Å². The normalized spacial score (nSPS) is 18.3. The molecular weight excluding hydrogens is 333 g/mol. The molecule has 1 saturated heterocycles. The molecule has 134 valence electrons. The number of alkyl halides is 3. The van der Waals surface area contributed by atoms with Crippen molar-refractivity contribution in [3.63, 3.8) is 0 Å². The molecule has 8 heteroatoms. The van der Waals surface area contributed by atoms with Crippen molar-refractivity contribution in [1.29, 1.82) is 0 Å². The predicted octanol–water partition coefficient (Wildman–Crippen LogP) is 3.19. The molecule has 1 aromatic heterocycles. The molecule has 1 aliphatic heterocycles. The van der Waals surface area contributed by atoms with E-state index in [9.17, 15) is 13.2 Å². The van der Waals surface area contributed by atoms with E-state index in [2.05, 4.69) is 20.2 Å². The van der Waals surface area contributed by atoms with Crippen LogP contribution in [0.5, 0.6) is 5.88 Å². The Kier molecular flexibility index (Phi) is 5.08. The van der Waals surface area contributed by atoms with Crippen LogP contribution in [0, 0.1) is 0 Å². The summed E-state index contributed by atoms with van der Waals surface area (Å²) in [6.07, 6.45) is -4.06. The monoisotopic (exact) mass is 352 g/mol. The number of nitrogens with one attached hydrogen (secondary N) is 1. The molecule has 2 aromatic rings. The number of anilines is 1. The fourth-order valence-corrected chi connectivity index (χ4v) is 2.79. The number of hydrogen-bond donors (Lipinski definition) is 1. The maximum absolute atomic E-state index is 12.9. The third-order valence-electron chi connectivity index (χ3n) is 3.98. The fourth-order valence-electron chi connectivity index (χ4n) is 2.79. The molecule has 1 aromatic carbocycles. The lowest BCUT2D eigenvalue weighted by molar-refractivity contribution is -0.145. The van der Waals surface area contributed by atoms with E-state index < -0.39 is 12.0 Å². The first-order chi connectivity index (χ1) is 11.9. The fraction of sp³-hybridized carbons (Fsp3) is 0.412. The van der Waals surface area contributed by atoms with Crippen LogP contribution in [0.1, 0.15) is 17.8 Å². The summed E-state index contributed by atoms with van der Waals surface area (Å²) in [7, 11) is 1.50. The highest BCUT2D eigenvalue weighted by Crippen LogP contribution is 2.29. The van der Waals surface area contributed by atoms with Crippen molar-refractivity contribution in [1.82, 2.24) is 14.9 Å². The van der Waals surface area contributed by atoms with Gasteiger partial charge in [0.05, 0.1) is 0 Å². The zero-order valence-electron chi connectivity index (χ0n) is 13.8. The van der Waals surface area contributed by atoms with Gasteiger partial charge in [0.15, 0.2) is 0 Å². The topological polar surface area (TPSA) is 50.3 Å². The third kappa shape index (κ3) is 4.60. The Labute approximate surface area is 143 Å². The summed E-state index contributed by atoms with van der Waals surface area (Å²) in [5.74, 6) is -1.18. The average molecular weight is 352 g/mol. The van der Waals surface area contributed by atoms with Crippen molar-refractivity contribution in [3.8, 4) is 5.88 Å². The average Bonchev–Trinajstić information content (AvgIpc) is 3.01. The lowest BCUT2D eigenvalue weighted by Gasteiger charge is -2.17. The van der Waals surface area contributed by atoms with Crippen molar-refractivity contribution in [2.75, 3.05) is 25.5 Å². The van der Waals surface area contributed by atoms with Crippen LogP contribution in [0.4, 0.5) is 19.0 Å². The van der Waals surface area contributed by atoms with E-state index in [4.69, 9.17) is 4.74 Å². The smallest absolute Gasteiger partial charge is 0.451 e. The van der Waals surface area contributed by atoms with Crippen LogP contribution in [-0.2, 0) is 12.7 Å². The Bertz CT molecular complexity index is 709. The lowest BCUT2D eigenvalue weighted by Crippen LogP contribution is -2.25. The summed E-state index contributed by atoms with van der Waals surface area (Å²) in [6.45, 7) is 2.27. The van der Waals surface area contributed by atoms with E-state index in [1.54, 1.807) is 0 Å². The number of aromatic nitrogens is 2. The van der Waals surface area contributed by atoms with Crippen molar-refractivity contribution >= 4 is 5.82 Å². The Hall–Kier alpha value is -2.35. The van der Waals surface area contributed by atoms with Crippen molar-refractivity contribution < 1.29 is 17.9 Å². The number of ether oxygens (including phenoxy) is 1. The van der Waals surface area contributed by atoms with Gasteiger partial charge in [-0.1, -0.05) is 30.3 Å². The maximum atomic E-state index is 12.9. The SMILES string of the molecule is CNc1cc(OC2CCN(Cc3ccccc3)C2)nc(C(F)(F)F)n1. The first kappa shape index (κ1) is 17.5. The molecule has 1 unspecified atom stereocenters. The first-order valence-corrected chi connectivity index (χ1v) is 8.01. The van der Waals surface area contributed by atoms with Crippen LogP contribution >= 0.6 is 0 Å². The van der Waals surface area contributed by atoms with E-state index in [-0.39, 0.29) is 17.8 Å². The summed E-state index contributed by atoms with van der Waals surface area (Å²) in [5, 5.41) is 2.60. The van der Waals surface area contributed by atoms with Gasteiger partial charge in [-0.2, -0.15) is 18.2 Å². The lowest BCUT2D eigenvalue weighted by atomic mass is 10.2. The van der Waals surface area contributed by atoms with Gasteiger partial charge in [-0.05, 0) is 12.0 Å². The quantitative estimate of drug-likeness (QED) is 0.896. The standard InChI is InChI=1S/C17H19F3N4O/c1-21-14-9-15(23-16(22-14)17(18,19)20)25-13-7-8-24(11-13)10-12-5-3-2-4-6-12/h2-6,9,13H,7-8,10-11H2,1H3,(H,21,22,23). The van der Waals surface area contributed by atoms with Gasteiger partial charge in [0.25, 0.3) is 0 Å². The number of likely N-dealkylation sites (tertiary alicyclic amines) is 1. The molecular formula is C17H19F3N4O. The van der Waals surface area contributed by atoms with E-state index in [0.29, 0.717) is 6.54 Å². The van der Waals surface area contributed by atoms with Gasteiger partial charge in [-0.25, -0.2) is 4.98 Å². The summed E-state index contributed by atoms with van der Waals surface area (Å²) in [5.41, 5.74) is 1.20. The molecule has 0 spiro atoms. The second-order valence-electron chi connectivity index (χ2n) is 5.91. The molecule has 25 heavy (non-hydrogen) atoms. The number of benzene rings is 1. The van der Waals surface area contributed by atoms with E-state index in [0.717, 1.165) is 19.5 Å². The Morgan fingerprint density at radius 3 is 2.68 bits per heavy atom. The first-order valence-electron chi connectivity index (χ1n) is 8.01. The van der Waals surface area contributed by atoms with Crippen LogP contribution in [0.2, 0.25) is 0 Å². The molecule has 0 bridgehead atoms. The van der Waals surface area contributed by atoms with Crippen LogP contribution in [0.3, 0.4) is 0 Å². The highest BCUT2D eigenvalue weighted by atomic mass is 19.4. The molecule has 0 amide bonds. The van der Waals surface area contributed by atoms with Crippen molar-refractivity contribution in [2.24, 2.45) is 0 Å². The summed E-state index contributed by atoms with van der Waals surface area (Å²) < 4.78 is 44.3. The minimum Gasteiger partial charge on any atom is -0.473 e. The van der Waals surface area contributed by atoms with Crippen LogP contribution in [-0.4, -0.2) is 41.1 Å². The molecule has 1 atom stereocenters. The number of hydrogen-bond acceptors (Lipinski definition) is 5. The van der Waals surface area contributed by atoms with Crippen LogP contribution < -0.4 is 10.1 Å². The zero-order chi connectivity index (χ0) is 17.9. The van der Waals surface area contributed by atoms with Gasteiger partial charge in [0.2, 0.25) is 11.7 Å². The highest BCUT2D eigenvalue weighted by Gasteiger charge is 2.36. The Morgan fingerprint density at radius 2 is 2.00 bits per heavy atom. The Morgan fingerprint density at radius 1 is 1.24 bits per heavy atom. The molecule has 3 rings (SSSR count). The van der Waals surface area contributed by atoms with Gasteiger partial charge in [0.1, 0.15) is 11.9 Å². The second-order valence-corrected chi connectivity index (χ2v) is 5.91. The summed E-state index contributed by atoms with van der Waals surface area (Å²) in [6, 6.07) is 11.4. The third-order valence-corrected chi connectivity index (χ3v) is 3.98. The predicted molar refractivity (Wildman–Crippen MR) is 87.3 cm³/mol. The van der Waals surface area contributed by atoms with E-state index in [1.807, 2.05) is 30.3 Å². The zero-order valence-corrected chi connectivity index (χ0v) is 13.8. The molecule has 1 aliphatic rings. The molecule has 1 fully saturated rings. The van der Waals surface area contributed by atoms with E-state index >= 15 is 0 Å². The summed E-state index contributed by atoms with van der Waals surface area (Å²) >= 11 is 0. The summed E-state index contributed by atoms with van der Waals surface area (Å²) in [4.78, 5) is 9.15. The van der Waals surface area contributed by atoms with Gasteiger partial charge >= 0.3 is 6.18 Å². The maximum Gasteiger partial charge on any atom is 0.451 e. The number of nitrogens with zero attached hydrogens (tertiary/aromatic N) is 3. The highest BCUT2D eigenvalue weighted by molar-refractivity contribution is 5.38. The molecule has 0 radical (unpaired) electrons. The molecule has 2 heterocycles. The molecule has 5 nitrogen and oxygen atoms in total. The van der Waals surface area contributed by atoms with Gasteiger partial charge in [-0.15, -0.1) is 0 Å². The van der Waals surface area contributed by atoms with Gasteiger partial charge < -0.3 is 10.1 Å². The van der Waals surface area contributed by atoms with Crippen molar-refractivity contribution in [3.05, 3.63) is 47.8 Å². The van der Waals surface area contributed by atoms with Crippen LogP contribution in [0.15, 0.2) is 36.4 Å².